The predicted molar refractivity (Wildman–Crippen MR) is 104 cm³/mol. The first kappa shape index (κ1) is 19.5. The number of rotatable bonds is 5. The van der Waals surface area contributed by atoms with E-state index in [-0.39, 0.29) is 5.82 Å². The Labute approximate surface area is 163 Å². The Morgan fingerprint density at radius 3 is 2.39 bits per heavy atom. The van der Waals surface area contributed by atoms with Gasteiger partial charge in [-0.3, -0.25) is 4.79 Å². The molecule has 0 saturated carbocycles. The van der Waals surface area contributed by atoms with Crippen LogP contribution in [-0.4, -0.2) is 37.6 Å². The zero-order valence-corrected chi connectivity index (χ0v) is 16.6. The van der Waals surface area contributed by atoms with Gasteiger partial charge in [0.25, 0.3) is 17.5 Å². The molecule has 8 nitrogen and oxygen atoms in total. The minimum absolute atomic E-state index is 0.137. The predicted octanol–water partition coefficient (Wildman–Crippen LogP) is 3.05. The van der Waals surface area contributed by atoms with Crippen LogP contribution in [0.25, 0.3) is 5.78 Å². The van der Waals surface area contributed by atoms with Gasteiger partial charge in [-0.15, -0.1) is 5.10 Å². The Bertz CT molecular complexity index is 1020. The number of benzene rings is 1. The molecule has 1 aromatic carbocycles. The maximum atomic E-state index is 12.3. The van der Waals surface area contributed by atoms with E-state index in [9.17, 15) is 9.59 Å². The molecule has 0 aliphatic carbocycles. The molecule has 0 spiro atoms. The number of hydrogen-bond donors (Lipinski definition) is 1. The maximum absolute atomic E-state index is 12.3. The summed E-state index contributed by atoms with van der Waals surface area (Å²) in [6, 6.07) is 9.38. The van der Waals surface area contributed by atoms with Gasteiger partial charge in [0, 0.05) is 17.1 Å². The molecule has 146 valence electrons. The van der Waals surface area contributed by atoms with E-state index in [1.807, 2.05) is 44.2 Å². The lowest BCUT2D eigenvalue weighted by Crippen LogP contribution is -2.30. The molecule has 28 heavy (non-hydrogen) atoms. The van der Waals surface area contributed by atoms with Crippen molar-refractivity contribution in [3.05, 3.63) is 53.1 Å². The summed E-state index contributed by atoms with van der Waals surface area (Å²) >= 11 is 0. The minimum Gasteiger partial charge on any atom is -0.447 e. The molecule has 1 atom stereocenters. The van der Waals surface area contributed by atoms with E-state index in [0.717, 1.165) is 11.4 Å². The second kappa shape index (κ2) is 7.75. The lowest BCUT2D eigenvalue weighted by molar-refractivity contribution is -0.123. The fourth-order valence-corrected chi connectivity index (χ4v) is 2.71. The number of aromatic nitrogens is 4. The van der Waals surface area contributed by atoms with Crippen molar-refractivity contribution in [2.75, 3.05) is 5.32 Å². The molecule has 1 N–H and O–H groups in total. The number of nitrogens with zero attached hydrogens (tertiary/aromatic N) is 4. The van der Waals surface area contributed by atoms with Crippen molar-refractivity contribution in [2.24, 2.45) is 0 Å². The largest absolute Gasteiger partial charge is 0.447 e. The van der Waals surface area contributed by atoms with Crippen LogP contribution in [0.4, 0.5) is 5.69 Å². The Morgan fingerprint density at radius 1 is 1.07 bits per heavy atom. The number of carbonyl (C=O) groups is 2. The Morgan fingerprint density at radius 2 is 1.75 bits per heavy atom. The quantitative estimate of drug-likeness (QED) is 0.682. The van der Waals surface area contributed by atoms with Crippen molar-refractivity contribution in [1.29, 1.82) is 0 Å². The molecule has 0 fully saturated rings. The Kier molecular flexibility index (Phi) is 5.39. The number of amides is 1. The number of anilines is 1. The molecular weight excluding hydrogens is 358 g/mol. The lowest BCUT2D eigenvalue weighted by Gasteiger charge is -2.13. The van der Waals surface area contributed by atoms with Crippen LogP contribution in [0.5, 0.6) is 0 Å². The van der Waals surface area contributed by atoms with E-state index >= 15 is 0 Å². The molecular formula is C20H23N5O3. The first-order chi connectivity index (χ1) is 13.2. The van der Waals surface area contributed by atoms with Gasteiger partial charge in [0.1, 0.15) is 0 Å². The van der Waals surface area contributed by atoms with Crippen molar-refractivity contribution in [3.8, 4) is 0 Å². The molecule has 0 radical (unpaired) electrons. The van der Waals surface area contributed by atoms with Crippen molar-refractivity contribution in [2.45, 2.75) is 46.6 Å². The van der Waals surface area contributed by atoms with Crippen LogP contribution >= 0.6 is 0 Å². The van der Waals surface area contributed by atoms with Gasteiger partial charge in [0.15, 0.2) is 6.10 Å². The van der Waals surface area contributed by atoms with Gasteiger partial charge in [-0.1, -0.05) is 26.0 Å². The van der Waals surface area contributed by atoms with Crippen LogP contribution in [0.1, 0.15) is 54.3 Å². The van der Waals surface area contributed by atoms with Crippen molar-refractivity contribution in [3.63, 3.8) is 0 Å². The molecule has 2 heterocycles. The third-order valence-electron chi connectivity index (χ3n) is 4.30. The summed E-state index contributed by atoms with van der Waals surface area (Å²) in [5, 5.41) is 6.85. The highest BCUT2D eigenvalue weighted by atomic mass is 16.5. The van der Waals surface area contributed by atoms with Crippen molar-refractivity contribution in [1.82, 2.24) is 19.6 Å². The number of carbonyl (C=O) groups excluding carboxylic acids is 2. The molecule has 0 bridgehead atoms. The molecule has 0 saturated heterocycles. The Hall–Kier alpha value is -3.29. The van der Waals surface area contributed by atoms with Crippen LogP contribution in [0, 0.1) is 13.8 Å². The second-order valence-corrected chi connectivity index (χ2v) is 7.00. The number of hydrogen-bond acceptors (Lipinski definition) is 6. The van der Waals surface area contributed by atoms with E-state index in [1.165, 1.54) is 17.0 Å². The summed E-state index contributed by atoms with van der Waals surface area (Å²) in [4.78, 5) is 33.0. The third kappa shape index (κ3) is 4.16. The summed E-state index contributed by atoms with van der Waals surface area (Å²) in [5.74, 6) is -0.627. The summed E-state index contributed by atoms with van der Waals surface area (Å²) < 4.78 is 6.68. The molecule has 2 aromatic heterocycles. The molecule has 1 amide bonds. The zero-order chi connectivity index (χ0) is 20.4. The fourth-order valence-electron chi connectivity index (χ4n) is 2.71. The van der Waals surface area contributed by atoms with Gasteiger partial charge in [-0.2, -0.15) is 4.98 Å². The first-order valence-electron chi connectivity index (χ1n) is 9.07. The number of aryl methyl sites for hydroxylation is 2. The van der Waals surface area contributed by atoms with Crippen LogP contribution in [0.15, 0.2) is 30.3 Å². The summed E-state index contributed by atoms with van der Waals surface area (Å²) in [5.41, 5.74) is 3.38. The van der Waals surface area contributed by atoms with Gasteiger partial charge in [-0.05, 0) is 50.5 Å². The maximum Gasteiger partial charge on any atom is 0.379 e. The highest BCUT2D eigenvalue weighted by molar-refractivity contribution is 5.96. The van der Waals surface area contributed by atoms with E-state index in [2.05, 4.69) is 34.2 Å². The number of esters is 1. The smallest absolute Gasteiger partial charge is 0.379 e. The van der Waals surface area contributed by atoms with Gasteiger partial charge in [0.2, 0.25) is 0 Å². The zero-order valence-electron chi connectivity index (χ0n) is 16.6. The van der Waals surface area contributed by atoms with Crippen molar-refractivity contribution >= 4 is 23.3 Å². The standard InChI is InChI=1S/C20H23N5O3/c1-11(2)15-6-8-16(9-7-15)22-18(26)14(5)28-19(27)17-23-20-21-12(3)10-13(4)25(20)24-17/h6-11,14H,1-5H3,(H,22,26)/t14-/m0/s1. The molecule has 8 heteroatoms. The molecule has 3 rings (SSSR count). The van der Waals surface area contributed by atoms with E-state index in [0.29, 0.717) is 17.4 Å². The number of ether oxygens (including phenoxy) is 1. The van der Waals surface area contributed by atoms with Gasteiger partial charge >= 0.3 is 5.97 Å². The fraction of sp³-hybridized carbons (Fsp3) is 0.350. The average molecular weight is 381 g/mol. The second-order valence-electron chi connectivity index (χ2n) is 7.00. The van der Waals surface area contributed by atoms with E-state index in [4.69, 9.17) is 4.74 Å². The minimum atomic E-state index is -1.00. The van der Waals surface area contributed by atoms with E-state index in [1.54, 1.807) is 0 Å². The van der Waals surface area contributed by atoms with Crippen LogP contribution in [0.2, 0.25) is 0 Å². The lowest BCUT2D eigenvalue weighted by atomic mass is 10.0. The summed E-state index contributed by atoms with van der Waals surface area (Å²) in [7, 11) is 0. The molecule has 0 unspecified atom stereocenters. The van der Waals surface area contributed by atoms with Crippen LogP contribution in [-0.2, 0) is 9.53 Å². The van der Waals surface area contributed by atoms with E-state index < -0.39 is 18.0 Å². The average Bonchev–Trinajstić information content (AvgIpc) is 3.06. The molecule has 0 aliphatic rings. The summed E-state index contributed by atoms with van der Waals surface area (Å²) in [6.45, 7) is 9.37. The monoisotopic (exact) mass is 381 g/mol. The van der Waals surface area contributed by atoms with Crippen LogP contribution in [0.3, 0.4) is 0 Å². The van der Waals surface area contributed by atoms with Gasteiger partial charge in [0.05, 0.1) is 0 Å². The molecule has 3 aromatic rings. The number of nitrogens with one attached hydrogen (secondary N) is 1. The number of fused-ring (bicyclic) bond motifs is 1. The topological polar surface area (TPSA) is 98.5 Å². The van der Waals surface area contributed by atoms with Crippen molar-refractivity contribution < 1.29 is 14.3 Å². The first-order valence-corrected chi connectivity index (χ1v) is 9.07. The van der Waals surface area contributed by atoms with Gasteiger partial charge < -0.3 is 10.1 Å². The third-order valence-corrected chi connectivity index (χ3v) is 4.30. The normalized spacial score (nSPS) is 12.2. The van der Waals surface area contributed by atoms with Crippen LogP contribution < -0.4 is 5.32 Å². The Balaban J connectivity index is 1.66. The molecule has 0 aliphatic heterocycles. The highest BCUT2D eigenvalue weighted by Gasteiger charge is 2.23. The highest BCUT2D eigenvalue weighted by Crippen LogP contribution is 2.17. The summed E-state index contributed by atoms with van der Waals surface area (Å²) in [6.07, 6.45) is -1.00. The van der Waals surface area contributed by atoms with Gasteiger partial charge in [-0.25, -0.2) is 14.3 Å². The SMILES string of the molecule is Cc1cc(C)n2nc(C(=O)O[C@@H](C)C(=O)Nc3ccc(C(C)C)cc3)nc2n1.